The largest absolute Gasteiger partial charge is 0.312 e. The SMILES string of the molecule is O=C1C(C2c3ccccc3-c3ccccc32)CCN1c1cc(Cl)cc(Cl)c1. The van der Waals surface area contributed by atoms with Crippen molar-refractivity contribution in [3.8, 4) is 11.1 Å². The Balaban J connectivity index is 1.55. The van der Waals surface area contributed by atoms with Crippen molar-refractivity contribution >= 4 is 34.8 Å². The fourth-order valence-corrected chi connectivity index (χ4v) is 5.11. The van der Waals surface area contributed by atoms with Crippen LogP contribution in [0.15, 0.2) is 66.7 Å². The zero-order valence-corrected chi connectivity index (χ0v) is 16.0. The smallest absolute Gasteiger partial charge is 0.231 e. The van der Waals surface area contributed by atoms with Crippen molar-refractivity contribution < 1.29 is 4.79 Å². The van der Waals surface area contributed by atoms with Crippen LogP contribution in [0.1, 0.15) is 23.5 Å². The van der Waals surface area contributed by atoms with E-state index < -0.39 is 0 Å². The van der Waals surface area contributed by atoms with Crippen LogP contribution in [-0.4, -0.2) is 12.5 Å². The van der Waals surface area contributed by atoms with Crippen molar-refractivity contribution in [1.29, 1.82) is 0 Å². The number of hydrogen-bond acceptors (Lipinski definition) is 1. The molecule has 1 aliphatic carbocycles. The molecule has 27 heavy (non-hydrogen) atoms. The van der Waals surface area contributed by atoms with Crippen molar-refractivity contribution in [1.82, 2.24) is 0 Å². The summed E-state index contributed by atoms with van der Waals surface area (Å²) >= 11 is 12.3. The molecule has 0 aromatic heterocycles. The zero-order valence-electron chi connectivity index (χ0n) is 14.5. The van der Waals surface area contributed by atoms with Crippen LogP contribution in [0.3, 0.4) is 0 Å². The molecular weight excluding hydrogens is 377 g/mol. The monoisotopic (exact) mass is 393 g/mol. The fourth-order valence-electron chi connectivity index (χ4n) is 4.59. The van der Waals surface area contributed by atoms with Crippen molar-refractivity contribution in [2.45, 2.75) is 12.3 Å². The minimum Gasteiger partial charge on any atom is -0.312 e. The summed E-state index contributed by atoms with van der Waals surface area (Å²) in [6, 6.07) is 22.2. The van der Waals surface area contributed by atoms with E-state index in [4.69, 9.17) is 23.2 Å². The number of benzene rings is 3. The normalized spacial score (nSPS) is 18.7. The molecule has 2 nitrogen and oxygen atoms in total. The Morgan fingerprint density at radius 3 is 1.96 bits per heavy atom. The highest BCUT2D eigenvalue weighted by molar-refractivity contribution is 6.35. The number of carbonyl (C=O) groups is 1. The summed E-state index contributed by atoms with van der Waals surface area (Å²) in [5.74, 6) is 0.168. The van der Waals surface area contributed by atoms with Crippen LogP contribution in [0, 0.1) is 5.92 Å². The molecule has 0 bridgehead atoms. The summed E-state index contributed by atoms with van der Waals surface area (Å²) in [7, 11) is 0. The van der Waals surface area contributed by atoms with Gasteiger partial charge in [-0.15, -0.1) is 0 Å². The van der Waals surface area contributed by atoms with Gasteiger partial charge in [-0.25, -0.2) is 0 Å². The van der Waals surface area contributed by atoms with E-state index in [1.54, 1.807) is 6.07 Å². The van der Waals surface area contributed by atoms with Crippen LogP contribution in [0.5, 0.6) is 0 Å². The average molecular weight is 394 g/mol. The highest BCUT2D eigenvalue weighted by Crippen LogP contribution is 2.50. The number of fused-ring (bicyclic) bond motifs is 3. The molecule has 0 radical (unpaired) electrons. The number of nitrogens with zero attached hydrogens (tertiary/aromatic N) is 1. The first-order valence-corrected chi connectivity index (χ1v) is 9.85. The molecule has 2 aliphatic rings. The van der Waals surface area contributed by atoms with Gasteiger partial charge in [0.05, 0.1) is 5.92 Å². The lowest BCUT2D eigenvalue weighted by Gasteiger charge is -2.22. The van der Waals surface area contributed by atoms with E-state index in [0.717, 1.165) is 12.1 Å². The molecular formula is C23H17Cl2NO. The minimum absolute atomic E-state index is 0.0763. The summed E-state index contributed by atoms with van der Waals surface area (Å²) < 4.78 is 0. The van der Waals surface area contributed by atoms with E-state index in [2.05, 4.69) is 48.5 Å². The first-order chi connectivity index (χ1) is 13.1. The van der Waals surface area contributed by atoms with E-state index in [-0.39, 0.29) is 17.7 Å². The Morgan fingerprint density at radius 2 is 1.37 bits per heavy atom. The van der Waals surface area contributed by atoms with Gasteiger partial charge < -0.3 is 4.90 Å². The van der Waals surface area contributed by atoms with Crippen molar-refractivity contribution in [2.24, 2.45) is 5.92 Å². The summed E-state index contributed by atoms with van der Waals surface area (Å²) in [6.07, 6.45) is 0.816. The fraction of sp³-hybridized carbons (Fsp3) is 0.174. The topological polar surface area (TPSA) is 20.3 Å². The van der Waals surface area contributed by atoms with E-state index >= 15 is 0 Å². The predicted molar refractivity (Wildman–Crippen MR) is 111 cm³/mol. The van der Waals surface area contributed by atoms with E-state index in [0.29, 0.717) is 16.6 Å². The molecule has 4 heteroatoms. The maximum Gasteiger partial charge on any atom is 0.231 e. The second-order valence-corrected chi connectivity index (χ2v) is 8.04. The standard InChI is InChI=1S/C23H17Cl2NO/c24-14-11-15(25)13-16(12-14)26-10-9-21(23(26)27)22-19-7-3-1-5-17(19)18-6-2-4-8-20(18)22/h1-8,11-13,21-22H,9-10H2. The molecule has 134 valence electrons. The Hall–Kier alpha value is -2.29. The molecule has 5 rings (SSSR count). The third kappa shape index (κ3) is 2.67. The number of amides is 1. The van der Waals surface area contributed by atoms with Crippen LogP contribution in [-0.2, 0) is 4.79 Å². The van der Waals surface area contributed by atoms with Gasteiger partial charge in [-0.1, -0.05) is 71.7 Å². The zero-order chi connectivity index (χ0) is 18.5. The summed E-state index contributed by atoms with van der Waals surface area (Å²) in [5.41, 5.74) is 5.77. The second kappa shape index (κ2) is 6.40. The van der Waals surface area contributed by atoms with Crippen LogP contribution in [0.25, 0.3) is 11.1 Å². The lowest BCUT2D eigenvalue weighted by atomic mass is 9.83. The average Bonchev–Trinajstić information content (AvgIpc) is 3.19. The number of rotatable bonds is 2. The molecule has 1 fully saturated rings. The quantitative estimate of drug-likeness (QED) is 0.510. The number of hydrogen-bond donors (Lipinski definition) is 0. The molecule has 1 aliphatic heterocycles. The van der Waals surface area contributed by atoms with Gasteiger partial charge in [0.2, 0.25) is 5.91 Å². The maximum absolute atomic E-state index is 13.4. The third-order valence-corrected chi connectivity index (χ3v) is 6.13. The molecule has 0 saturated carbocycles. The first kappa shape index (κ1) is 16.9. The van der Waals surface area contributed by atoms with Gasteiger partial charge in [-0.05, 0) is 46.9 Å². The molecule has 3 aromatic rings. The predicted octanol–water partition coefficient (Wildman–Crippen LogP) is 6.16. The molecule has 1 heterocycles. The maximum atomic E-state index is 13.4. The number of carbonyl (C=O) groups excluding carboxylic acids is 1. The van der Waals surface area contributed by atoms with Gasteiger partial charge in [-0.3, -0.25) is 4.79 Å². The summed E-state index contributed by atoms with van der Waals surface area (Å²) in [6.45, 7) is 0.682. The molecule has 3 aromatic carbocycles. The molecule has 1 amide bonds. The van der Waals surface area contributed by atoms with Crippen molar-refractivity contribution in [2.75, 3.05) is 11.4 Å². The van der Waals surface area contributed by atoms with Crippen LogP contribution < -0.4 is 4.90 Å². The number of halogens is 2. The van der Waals surface area contributed by atoms with Gasteiger partial charge in [0.1, 0.15) is 0 Å². The van der Waals surface area contributed by atoms with Gasteiger partial charge in [0.15, 0.2) is 0 Å². The minimum atomic E-state index is -0.0763. The molecule has 0 N–H and O–H groups in total. The molecule has 1 atom stereocenters. The van der Waals surface area contributed by atoms with E-state index in [9.17, 15) is 4.79 Å². The Kier molecular flexibility index (Phi) is 3.99. The third-order valence-electron chi connectivity index (χ3n) is 5.69. The van der Waals surface area contributed by atoms with Crippen LogP contribution in [0.2, 0.25) is 10.0 Å². The molecule has 1 unspecified atom stereocenters. The van der Waals surface area contributed by atoms with E-state index in [1.807, 2.05) is 17.0 Å². The Bertz CT molecular complexity index is 996. The van der Waals surface area contributed by atoms with E-state index in [1.165, 1.54) is 22.3 Å². The highest BCUT2D eigenvalue weighted by atomic mass is 35.5. The summed E-state index contributed by atoms with van der Waals surface area (Å²) in [5, 5.41) is 1.09. The lowest BCUT2D eigenvalue weighted by Crippen LogP contribution is -2.29. The molecule has 0 spiro atoms. The van der Waals surface area contributed by atoms with Crippen molar-refractivity contribution in [3.63, 3.8) is 0 Å². The highest BCUT2D eigenvalue weighted by Gasteiger charge is 2.43. The number of anilines is 1. The van der Waals surface area contributed by atoms with Gasteiger partial charge >= 0.3 is 0 Å². The Labute approximate surface area is 168 Å². The van der Waals surface area contributed by atoms with Crippen LogP contribution >= 0.6 is 23.2 Å². The first-order valence-electron chi connectivity index (χ1n) is 9.09. The van der Waals surface area contributed by atoms with Crippen molar-refractivity contribution in [3.05, 3.63) is 87.9 Å². The van der Waals surface area contributed by atoms with Gasteiger partial charge in [-0.2, -0.15) is 0 Å². The lowest BCUT2D eigenvalue weighted by molar-refractivity contribution is -0.120. The molecule has 1 saturated heterocycles. The van der Waals surface area contributed by atoms with Gasteiger partial charge in [0.25, 0.3) is 0 Å². The second-order valence-electron chi connectivity index (χ2n) is 7.16. The van der Waals surface area contributed by atoms with Gasteiger partial charge in [0, 0.05) is 28.2 Å². The summed E-state index contributed by atoms with van der Waals surface area (Å²) in [4.78, 5) is 15.2. The Morgan fingerprint density at radius 1 is 0.815 bits per heavy atom. The van der Waals surface area contributed by atoms with Crippen LogP contribution in [0.4, 0.5) is 5.69 Å².